The zero-order valence-electron chi connectivity index (χ0n) is 49.3. The highest BCUT2D eigenvalue weighted by atomic mass is 16.6. The molecule has 1 N–H and O–H groups in total. The van der Waals surface area contributed by atoms with Gasteiger partial charge < -0.3 is 24.4 Å². The first-order valence-corrected chi connectivity index (χ1v) is 32.1. The van der Waals surface area contributed by atoms with Crippen LogP contribution in [0.2, 0.25) is 0 Å². The molecule has 0 aliphatic heterocycles. The number of unbranched alkanes of at least 4 members (excludes halogenated alkanes) is 30. The molecule has 424 valence electrons. The first-order chi connectivity index (χ1) is 34.7. The van der Waals surface area contributed by atoms with Crippen LogP contribution >= 0.6 is 0 Å². The van der Waals surface area contributed by atoms with Gasteiger partial charge in [-0.05, 0) is 103 Å². The summed E-state index contributed by atoms with van der Waals surface area (Å²) in [6.45, 7) is 14.6. The molecule has 0 spiro atoms. The van der Waals surface area contributed by atoms with E-state index in [0.29, 0.717) is 49.8 Å². The molecule has 71 heavy (non-hydrogen) atoms. The molecule has 0 radical (unpaired) electrons. The number of ether oxygens (including phenoxy) is 2. The second kappa shape index (κ2) is 55.1. The van der Waals surface area contributed by atoms with Gasteiger partial charge in [0.1, 0.15) is 0 Å². The Bertz CT molecular complexity index is 1090. The van der Waals surface area contributed by atoms with Gasteiger partial charge in [-0.25, -0.2) is 0 Å². The Labute approximate surface area is 445 Å². The predicted molar refractivity (Wildman–Crippen MR) is 309 cm³/mol. The first kappa shape index (κ1) is 69.8. The number of esters is 1. The van der Waals surface area contributed by atoms with E-state index in [1.165, 1.54) is 225 Å². The van der Waals surface area contributed by atoms with E-state index in [1.807, 2.05) is 0 Å². The van der Waals surface area contributed by atoms with Crippen molar-refractivity contribution in [3.63, 3.8) is 0 Å². The molecular weight excluding hydrogens is 877 g/mol. The van der Waals surface area contributed by atoms with Crippen LogP contribution in [-0.2, 0) is 19.1 Å². The molecule has 0 saturated carbocycles. The highest BCUT2D eigenvalue weighted by Crippen LogP contribution is 2.24. The maximum atomic E-state index is 14.0. The smallest absolute Gasteiger partial charge is 0.305 e. The lowest BCUT2D eigenvalue weighted by Gasteiger charge is -2.33. The van der Waals surface area contributed by atoms with Crippen LogP contribution < -0.4 is 0 Å². The third kappa shape index (κ3) is 48.2. The maximum absolute atomic E-state index is 14.0. The van der Waals surface area contributed by atoms with Crippen LogP contribution in [0.25, 0.3) is 0 Å². The van der Waals surface area contributed by atoms with Crippen molar-refractivity contribution in [3.05, 3.63) is 0 Å². The topological polar surface area (TPSA) is 79.3 Å². The zero-order chi connectivity index (χ0) is 52.1. The number of hydrogen-bond donors (Lipinski definition) is 1. The van der Waals surface area contributed by atoms with Gasteiger partial charge in [-0.2, -0.15) is 0 Å². The highest BCUT2D eigenvalue weighted by molar-refractivity contribution is 5.76. The summed E-state index contributed by atoms with van der Waals surface area (Å²) in [5, 5.41) is 10.8. The third-order valence-corrected chi connectivity index (χ3v) is 15.5. The Morgan fingerprint density at radius 2 is 0.718 bits per heavy atom. The summed E-state index contributed by atoms with van der Waals surface area (Å²) in [7, 11) is 4.28. The van der Waals surface area contributed by atoms with Crippen LogP contribution in [0.1, 0.15) is 336 Å². The molecular formula is C64H128N2O5. The largest absolute Gasteiger partial charge is 0.465 e. The zero-order valence-corrected chi connectivity index (χ0v) is 49.3. The summed E-state index contributed by atoms with van der Waals surface area (Å²) in [6, 6.07) is 0.329. The average molecular weight is 1010 g/mol. The van der Waals surface area contributed by atoms with Crippen molar-refractivity contribution >= 4 is 11.9 Å². The molecule has 0 heterocycles. The van der Waals surface area contributed by atoms with Crippen molar-refractivity contribution in [2.45, 2.75) is 349 Å². The second-order valence-electron chi connectivity index (χ2n) is 22.9. The molecule has 0 rings (SSSR count). The molecule has 4 atom stereocenters. The van der Waals surface area contributed by atoms with Crippen molar-refractivity contribution in [1.29, 1.82) is 0 Å². The minimum atomic E-state index is -0.628. The van der Waals surface area contributed by atoms with Crippen molar-refractivity contribution in [3.8, 4) is 0 Å². The van der Waals surface area contributed by atoms with Gasteiger partial charge in [-0.3, -0.25) is 9.59 Å². The van der Waals surface area contributed by atoms with E-state index in [0.717, 1.165) is 77.3 Å². The summed E-state index contributed by atoms with van der Waals surface area (Å²) in [4.78, 5) is 31.3. The van der Waals surface area contributed by atoms with Gasteiger partial charge in [-0.15, -0.1) is 0 Å². The maximum Gasteiger partial charge on any atom is 0.305 e. The Balaban J connectivity index is 4.98. The molecule has 0 aliphatic rings. The van der Waals surface area contributed by atoms with Gasteiger partial charge in [0.05, 0.1) is 13.2 Å². The molecule has 7 nitrogen and oxygen atoms in total. The monoisotopic (exact) mass is 1000 g/mol. The number of nitrogens with zero attached hydrogens (tertiary/aromatic N) is 2. The minimum absolute atomic E-state index is 0.00749. The normalized spacial score (nSPS) is 13.5. The van der Waals surface area contributed by atoms with E-state index in [-0.39, 0.29) is 5.97 Å². The minimum Gasteiger partial charge on any atom is -0.465 e. The molecule has 0 bridgehead atoms. The SMILES string of the molecule is CCCCCCCCC(CCCCCC)COC(=O)CCCCCCCCC(CCCCCCCCC(O)OCC(CCCCCC)CCCCCCCC)N(CCCN(C)C)C(=O)CCCCCCC. The number of aliphatic hydroxyl groups is 1. The van der Waals surface area contributed by atoms with Crippen LogP contribution in [0.3, 0.4) is 0 Å². The summed E-state index contributed by atoms with van der Waals surface area (Å²) < 4.78 is 12.0. The van der Waals surface area contributed by atoms with E-state index in [4.69, 9.17) is 9.47 Å². The lowest BCUT2D eigenvalue weighted by molar-refractivity contribution is -0.145. The summed E-state index contributed by atoms with van der Waals surface area (Å²) in [5.74, 6) is 1.50. The molecule has 0 saturated heterocycles. The number of aliphatic hydroxyl groups excluding tert-OH is 1. The third-order valence-electron chi connectivity index (χ3n) is 15.5. The van der Waals surface area contributed by atoms with E-state index in [9.17, 15) is 14.7 Å². The van der Waals surface area contributed by atoms with E-state index in [1.54, 1.807) is 0 Å². The molecule has 7 heteroatoms. The number of carbonyl (C=O) groups excluding carboxylic acids is 2. The molecule has 0 aromatic carbocycles. The Morgan fingerprint density at radius 3 is 1.14 bits per heavy atom. The van der Waals surface area contributed by atoms with Gasteiger partial charge in [0.25, 0.3) is 0 Å². The van der Waals surface area contributed by atoms with Crippen molar-refractivity contribution < 1.29 is 24.2 Å². The van der Waals surface area contributed by atoms with E-state index in [2.05, 4.69) is 58.5 Å². The van der Waals surface area contributed by atoms with E-state index >= 15 is 0 Å². The van der Waals surface area contributed by atoms with Gasteiger partial charge in [0.15, 0.2) is 6.29 Å². The highest BCUT2D eigenvalue weighted by Gasteiger charge is 2.23. The number of rotatable bonds is 58. The summed E-state index contributed by atoms with van der Waals surface area (Å²) >= 11 is 0. The molecule has 0 aromatic heterocycles. The Morgan fingerprint density at radius 1 is 0.380 bits per heavy atom. The standard InChI is InChI=1S/C64H128N2O5/c1-8-13-18-23-30-38-48-59(46-36-21-16-11-4)57-70-63(68)53-43-34-27-25-32-40-50-61(66(56-45-55-65(6)7)62(67)52-42-29-20-15-10-3)51-41-33-26-28-35-44-54-64(69)71-58-60(47-37-22-17-12-5)49-39-31-24-19-14-9-2/h59-61,63,68H,8-58H2,1-7H3. The number of amides is 1. The van der Waals surface area contributed by atoms with E-state index < -0.39 is 6.29 Å². The molecule has 0 fully saturated rings. The molecule has 1 amide bonds. The first-order valence-electron chi connectivity index (χ1n) is 32.1. The second-order valence-corrected chi connectivity index (χ2v) is 22.9. The molecule has 0 aliphatic carbocycles. The van der Waals surface area contributed by atoms with Crippen LogP contribution in [0.5, 0.6) is 0 Å². The Kier molecular flexibility index (Phi) is 54.1. The quantitative estimate of drug-likeness (QED) is 0.0372. The fourth-order valence-electron chi connectivity index (χ4n) is 10.7. The van der Waals surface area contributed by atoms with Crippen molar-refractivity contribution in [2.75, 3.05) is 40.4 Å². The fourth-order valence-corrected chi connectivity index (χ4v) is 10.7. The number of hydrogen-bond acceptors (Lipinski definition) is 6. The van der Waals surface area contributed by atoms with Gasteiger partial charge in [-0.1, -0.05) is 253 Å². The van der Waals surface area contributed by atoms with Crippen LogP contribution in [0.15, 0.2) is 0 Å². The number of carbonyl (C=O) groups is 2. The van der Waals surface area contributed by atoms with Crippen LogP contribution in [0, 0.1) is 11.8 Å². The van der Waals surface area contributed by atoms with Crippen molar-refractivity contribution in [2.24, 2.45) is 11.8 Å². The van der Waals surface area contributed by atoms with Gasteiger partial charge in [0, 0.05) is 25.4 Å². The molecule has 0 aromatic rings. The van der Waals surface area contributed by atoms with Crippen LogP contribution in [-0.4, -0.2) is 79.5 Å². The lowest BCUT2D eigenvalue weighted by atomic mass is 9.95. The lowest BCUT2D eigenvalue weighted by Crippen LogP contribution is -2.41. The molecule has 4 unspecified atom stereocenters. The average Bonchev–Trinajstić information content (AvgIpc) is 3.36. The van der Waals surface area contributed by atoms with Crippen molar-refractivity contribution in [1.82, 2.24) is 9.80 Å². The summed E-state index contributed by atoms with van der Waals surface area (Å²) in [5.41, 5.74) is 0. The summed E-state index contributed by atoms with van der Waals surface area (Å²) in [6.07, 6.45) is 55.4. The van der Waals surface area contributed by atoms with Gasteiger partial charge in [0.2, 0.25) is 5.91 Å². The van der Waals surface area contributed by atoms with Gasteiger partial charge >= 0.3 is 5.97 Å². The Hall–Kier alpha value is -1.18. The van der Waals surface area contributed by atoms with Crippen LogP contribution in [0.4, 0.5) is 0 Å². The fraction of sp³-hybridized carbons (Fsp3) is 0.969. The predicted octanol–water partition coefficient (Wildman–Crippen LogP) is 19.3.